The molecule has 2 fully saturated rings. The molecule has 1 aliphatic carbocycles. The molecule has 4 rings (SSSR count). The van der Waals surface area contributed by atoms with Gasteiger partial charge in [0, 0.05) is 5.92 Å². The number of nitrogens with two attached hydrogens (primary N) is 1. The van der Waals surface area contributed by atoms with Gasteiger partial charge in [0.05, 0.1) is 39.6 Å². The Hall–Kier alpha value is -2.81. The van der Waals surface area contributed by atoms with Gasteiger partial charge in [0.25, 0.3) is 5.91 Å². The van der Waals surface area contributed by atoms with Crippen molar-refractivity contribution in [1.82, 2.24) is 0 Å². The number of amidine groups is 1. The largest absolute Gasteiger partial charge is 0.493 e. The summed E-state index contributed by atoms with van der Waals surface area (Å²) in [6, 6.07) is 9.72. The van der Waals surface area contributed by atoms with E-state index >= 15 is 0 Å². The highest BCUT2D eigenvalue weighted by molar-refractivity contribution is 6.00. The average molecular weight is 340 g/mol. The fourth-order valence-corrected chi connectivity index (χ4v) is 4.25. The normalized spacial score (nSPS) is 33.9. The van der Waals surface area contributed by atoms with Gasteiger partial charge in [-0.3, -0.25) is 0 Å². The first-order valence-corrected chi connectivity index (χ1v) is 7.75. The summed E-state index contributed by atoms with van der Waals surface area (Å²) < 4.78 is 22.0. The minimum absolute atomic E-state index is 0.0678. The molecule has 2 heterocycles. The minimum Gasteiger partial charge on any atom is -0.493 e. The van der Waals surface area contributed by atoms with E-state index in [-0.39, 0.29) is 5.84 Å². The van der Waals surface area contributed by atoms with Crippen LogP contribution in [0.1, 0.15) is 11.5 Å². The van der Waals surface area contributed by atoms with Crippen molar-refractivity contribution in [2.45, 2.75) is 11.8 Å². The molecule has 1 saturated carbocycles. The number of rotatable bonds is 3. The molecule has 8 heteroatoms. The van der Waals surface area contributed by atoms with Crippen LogP contribution < -0.4 is 15.2 Å². The summed E-state index contributed by atoms with van der Waals surface area (Å²) in [4.78, 5) is 4.24. The molecule has 0 aromatic heterocycles. The Morgan fingerprint density at radius 1 is 1.16 bits per heavy atom. The molecular formula is C17H16N4O4. The van der Waals surface area contributed by atoms with Crippen LogP contribution in [0.15, 0.2) is 23.2 Å². The van der Waals surface area contributed by atoms with Gasteiger partial charge in [-0.05, 0) is 17.7 Å². The number of nitriles is 2. The van der Waals surface area contributed by atoms with E-state index in [1.54, 1.807) is 18.2 Å². The molecular weight excluding hydrogens is 324 g/mol. The molecule has 2 aliphatic heterocycles. The van der Waals surface area contributed by atoms with E-state index in [9.17, 15) is 10.5 Å². The molecule has 128 valence electrons. The SMILES string of the molecule is COc1ccc([C@H]2[C@]3(C#N)C(N)=NC4(OCCO4)[C@]23C#N)cc1OC. The van der Waals surface area contributed by atoms with Crippen LogP contribution in [0, 0.1) is 33.5 Å². The lowest BCUT2D eigenvalue weighted by atomic mass is 9.94. The fourth-order valence-electron chi connectivity index (χ4n) is 4.25. The van der Waals surface area contributed by atoms with Gasteiger partial charge >= 0.3 is 0 Å². The summed E-state index contributed by atoms with van der Waals surface area (Å²) in [5.74, 6) is -0.939. The molecule has 0 amide bonds. The smallest absolute Gasteiger partial charge is 0.293 e. The Balaban J connectivity index is 1.89. The Kier molecular flexibility index (Phi) is 3.05. The van der Waals surface area contributed by atoms with E-state index in [0.29, 0.717) is 24.7 Å². The van der Waals surface area contributed by atoms with Crippen molar-refractivity contribution in [3.63, 3.8) is 0 Å². The standard InChI is InChI=1S/C17H16N4O4/c1-22-11-4-3-10(7-12(11)23-2)13-15(8-18)14(20)21-17(16(13,15)9-19)24-5-6-25-17/h3-4,7,13H,5-6H2,1-2H3,(H2,20,21)/t13-,15+,16+/m0/s1. The van der Waals surface area contributed by atoms with E-state index in [4.69, 9.17) is 24.7 Å². The lowest BCUT2D eigenvalue weighted by molar-refractivity contribution is -0.184. The van der Waals surface area contributed by atoms with Crippen LogP contribution in [0.2, 0.25) is 0 Å². The zero-order valence-electron chi connectivity index (χ0n) is 13.8. The maximum Gasteiger partial charge on any atom is 0.293 e. The summed E-state index contributed by atoms with van der Waals surface area (Å²) in [6.07, 6.45) is 0. The molecule has 0 unspecified atom stereocenters. The van der Waals surface area contributed by atoms with Crippen molar-refractivity contribution in [2.75, 3.05) is 27.4 Å². The van der Waals surface area contributed by atoms with Gasteiger partial charge in [0.1, 0.15) is 11.3 Å². The quantitative estimate of drug-likeness (QED) is 0.866. The van der Waals surface area contributed by atoms with E-state index in [1.807, 2.05) is 0 Å². The maximum absolute atomic E-state index is 10.0. The van der Waals surface area contributed by atoms with E-state index in [2.05, 4.69) is 17.1 Å². The number of ether oxygens (including phenoxy) is 4. The Morgan fingerprint density at radius 2 is 1.84 bits per heavy atom. The summed E-state index contributed by atoms with van der Waals surface area (Å²) in [6.45, 7) is 0.584. The zero-order valence-corrected chi connectivity index (χ0v) is 13.8. The number of benzene rings is 1. The summed E-state index contributed by atoms with van der Waals surface area (Å²) in [7, 11) is 3.06. The lowest BCUT2D eigenvalue weighted by Crippen LogP contribution is -2.38. The third-order valence-electron chi connectivity index (χ3n) is 5.35. The third-order valence-corrected chi connectivity index (χ3v) is 5.35. The number of aliphatic imine (C=N–C) groups is 1. The van der Waals surface area contributed by atoms with E-state index in [0.717, 1.165) is 5.56 Å². The number of methoxy groups -OCH3 is 2. The van der Waals surface area contributed by atoms with Gasteiger partial charge in [-0.25, -0.2) is 4.99 Å². The highest BCUT2D eigenvalue weighted by atomic mass is 16.8. The second-order valence-electron chi connectivity index (χ2n) is 6.16. The fraction of sp³-hybridized carbons (Fsp3) is 0.471. The molecule has 25 heavy (non-hydrogen) atoms. The average Bonchev–Trinajstić information content (AvgIpc) is 2.89. The maximum atomic E-state index is 10.0. The number of hydrogen-bond donors (Lipinski definition) is 1. The first-order valence-electron chi connectivity index (χ1n) is 7.75. The monoisotopic (exact) mass is 340 g/mol. The molecule has 3 atom stereocenters. The van der Waals surface area contributed by atoms with Crippen molar-refractivity contribution in [1.29, 1.82) is 10.5 Å². The first-order chi connectivity index (χ1) is 12.1. The van der Waals surface area contributed by atoms with Crippen molar-refractivity contribution >= 4 is 5.84 Å². The molecule has 1 aromatic carbocycles. The van der Waals surface area contributed by atoms with Crippen LogP contribution in [0.4, 0.5) is 0 Å². The molecule has 1 saturated heterocycles. The molecule has 1 spiro atoms. The van der Waals surface area contributed by atoms with Crippen LogP contribution in [0.3, 0.4) is 0 Å². The number of nitrogens with zero attached hydrogens (tertiary/aromatic N) is 3. The number of hydrogen-bond acceptors (Lipinski definition) is 8. The van der Waals surface area contributed by atoms with Gasteiger partial charge in [-0.15, -0.1) is 0 Å². The Morgan fingerprint density at radius 3 is 2.40 bits per heavy atom. The Labute approximate surface area is 144 Å². The highest BCUT2D eigenvalue weighted by Gasteiger charge is 2.94. The molecule has 0 bridgehead atoms. The van der Waals surface area contributed by atoms with Crippen LogP contribution in [0.5, 0.6) is 11.5 Å². The summed E-state index contributed by atoms with van der Waals surface area (Å²) >= 11 is 0. The third kappa shape index (κ3) is 1.50. The number of fused-ring (bicyclic) bond motifs is 2. The zero-order chi connectivity index (χ0) is 17.9. The highest BCUT2D eigenvalue weighted by Crippen LogP contribution is 2.82. The van der Waals surface area contributed by atoms with Crippen molar-refractivity contribution in [3.05, 3.63) is 23.8 Å². The van der Waals surface area contributed by atoms with Crippen LogP contribution in [-0.2, 0) is 9.47 Å². The molecule has 2 N–H and O–H groups in total. The van der Waals surface area contributed by atoms with Gasteiger partial charge in [-0.1, -0.05) is 6.07 Å². The minimum atomic E-state index is -1.53. The molecule has 1 aromatic rings. The summed E-state index contributed by atoms with van der Waals surface area (Å²) in [5, 5.41) is 19.9. The van der Waals surface area contributed by atoms with Crippen molar-refractivity contribution in [3.8, 4) is 23.6 Å². The predicted molar refractivity (Wildman–Crippen MR) is 84.6 cm³/mol. The second kappa shape index (κ2) is 4.85. The topological polar surface area (TPSA) is 123 Å². The van der Waals surface area contributed by atoms with Gasteiger partial charge in [0.2, 0.25) is 0 Å². The van der Waals surface area contributed by atoms with Gasteiger partial charge in [-0.2, -0.15) is 10.5 Å². The lowest BCUT2D eigenvalue weighted by Gasteiger charge is -2.25. The predicted octanol–water partition coefficient (Wildman–Crippen LogP) is 0.892. The van der Waals surface area contributed by atoms with E-state index in [1.165, 1.54) is 14.2 Å². The van der Waals surface area contributed by atoms with Crippen LogP contribution in [0.25, 0.3) is 0 Å². The van der Waals surface area contributed by atoms with E-state index < -0.39 is 22.7 Å². The van der Waals surface area contributed by atoms with Gasteiger partial charge < -0.3 is 24.7 Å². The summed E-state index contributed by atoms with van der Waals surface area (Å²) in [5.41, 5.74) is 4.20. The molecule has 3 aliphatic rings. The van der Waals surface area contributed by atoms with Gasteiger partial charge in [0.15, 0.2) is 16.9 Å². The molecule has 0 radical (unpaired) electrons. The van der Waals surface area contributed by atoms with Crippen molar-refractivity contribution < 1.29 is 18.9 Å². The Bertz CT molecular complexity index is 864. The first kappa shape index (κ1) is 15.7. The van der Waals surface area contributed by atoms with Crippen LogP contribution in [-0.4, -0.2) is 39.2 Å². The van der Waals surface area contributed by atoms with Crippen LogP contribution >= 0.6 is 0 Å². The second-order valence-corrected chi connectivity index (χ2v) is 6.16. The molecule has 8 nitrogen and oxygen atoms in total. The van der Waals surface area contributed by atoms with Crippen molar-refractivity contribution in [2.24, 2.45) is 21.6 Å².